The van der Waals surface area contributed by atoms with Gasteiger partial charge in [-0.1, -0.05) is 13.8 Å². The fourth-order valence-electron chi connectivity index (χ4n) is 3.85. The maximum Gasteiger partial charge on any atom is 0.0590 e. The molecule has 4 unspecified atom stereocenters. The number of rotatable bonds is 3. The van der Waals surface area contributed by atoms with E-state index >= 15 is 0 Å². The zero-order chi connectivity index (χ0) is 12.3. The van der Waals surface area contributed by atoms with E-state index in [1.165, 1.54) is 38.5 Å². The second-order valence-corrected chi connectivity index (χ2v) is 6.57. The zero-order valence-electron chi connectivity index (χ0n) is 11.5. The molecule has 2 rings (SSSR count). The molecular weight excluding hydrogens is 210 g/mol. The summed E-state index contributed by atoms with van der Waals surface area (Å²) < 4.78 is 5.81. The summed E-state index contributed by atoms with van der Waals surface area (Å²) in [7, 11) is 0. The normalized spacial score (nSPS) is 41.1. The highest BCUT2D eigenvalue weighted by Gasteiger charge is 2.30. The third kappa shape index (κ3) is 3.96. The Balaban J connectivity index is 1.79. The Morgan fingerprint density at radius 1 is 1.12 bits per heavy atom. The molecule has 100 valence electrons. The topological polar surface area (TPSA) is 35.2 Å². The standard InChI is InChI=1S/C15H29NO/c1-11-7-12(2)9-13(8-11)15(16)10-14-5-3-4-6-17-14/h11-15H,3-10,16H2,1-2H3. The molecule has 0 spiro atoms. The van der Waals surface area contributed by atoms with Gasteiger partial charge in [0.15, 0.2) is 0 Å². The highest BCUT2D eigenvalue weighted by atomic mass is 16.5. The Kier molecular flexibility index (Phi) is 4.87. The zero-order valence-corrected chi connectivity index (χ0v) is 11.5. The van der Waals surface area contributed by atoms with Gasteiger partial charge in [-0.3, -0.25) is 0 Å². The van der Waals surface area contributed by atoms with Gasteiger partial charge in [0.05, 0.1) is 6.10 Å². The van der Waals surface area contributed by atoms with Gasteiger partial charge in [-0.15, -0.1) is 0 Å². The minimum atomic E-state index is 0.364. The van der Waals surface area contributed by atoms with Crippen LogP contribution >= 0.6 is 0 Å². The van der Waals surface area contributed by atoms with Crippen molar-refractivity contribution in [2.75, 3.05) is 6.61 Å². The van der Waals surface area contributed by atoms with E-state index in [9.17, 15) is 0 Å². The second kappa shape index (κ2) is 6.19. The van der Waals surface area contributed by atoms with E-state index in [2.05, 4.69) is 13.8 Å². The summed E-state index contributed by atoms with van der Waals surface area (Å²) >= 11 is 0. The molecule has 2 N–H and O–H groups in total. The van der Waals surface area contributed by atoms with Crippen LogP contribution in [0.2, 0.25) is 0 Å². The first-order valence-corrected chi connectivity index (χ1v) is 7.52. The Bertz CT molecular complexity index is 215. The number of nitrogens with two attached hydrogens (primary N) is 1. The van der Waals surface area contributed by atoms with E-state index in [0.29, 0.717) is 12.1 Å². The first kappa shape index (κ1) is 13.4. The van der Waals surface area contributed by atoms with Crippen molar-refractivity contribution in [2.45, 2.75) is 70.9 Å². The molecule has 0 aromatic heterocycles. The predicted octanol–water partition coefficient (Wildman–Crippen LogP) is 3.35. The van der Waals surface area contributed by atoms with Gasteiger partial charge in [0, 0.05) is 12.6 Å². The average Bonchev–Trinajstić information content (AvgIpc) is 2.29. The van der Waals surface area contributed by atoms with Gasteiger partial charge < -0.3 is 10.5 Å². The summed E-state index contributed by atoms with van der Waals surface area (Å²) in [6, 6.07) is 0.364. The quantitative estimate of drug-likeness (QED) is 0.819. The third-order valence-corrected chi connectivity index (χ3v) is 4.63. The molecule has 1 heterocycles. The van der Waals surface area contributed by atoms with Crippen molar-refractivity contribution < 1.29 is 4.74 Å². The van der Waals surface area contributed by atoms with Crippen molar-refractivity contribution in [1.82, 2.24) is 0 Å². The molecular formula is C15H29NO. The maximum atomic E-state index is 6.42. The van der Waals surface area contributed by atoms with E-state index in [-0.39, 0.29) is 0 Å². The SMILES string of the molecule is CC1CC(C)CC(C(N)CC2CCCCO2)C1. The van der Waals surface area contributed by atoms with Gasteiger partial charge in [0.1, 0.15) is 0 Å². The van der Waals surface area contributed by atoms with Crippen LogP contribution in [0.1, 0.15) is 58.8 Å². The predicted molar refractivity (Wildman–Crippen MR) is 71.9 cm³/mol. The molecule has 2 nitrogen and oxygen atoms in total. The van der Waals surface area contributed by atoms with E-state index in [4.69, 9.17) is 10.5 Å². The van der Waals surface area contributed by atoms with Gasteiger partial charge in [-0.05, 0) is 62.7 Å². The minimum absolute atomic E-state index is 0.364. The molecule has 0 radical (unpaired) electrons. The molecule has 1 aliphatic heterocycles. The van der Waals surface area contributed by atoms with Crippen molar-refractivity contribution in [2.24, 2.45) is 23.5 Å². The van der Waals surface area contributed by atoms with Crippen molar-refractivity contribution in [1.29, 1.82) is 0 Å². The Morgan fingerprint density at radius 2 is 1.82 bits per heavy atom. The Labute approximate surface area is 106 Å². The molecule has 1 aliphatic carbocycles. The molecule has 2 heteroatoms. The molecule has 0 aromatic rings. The van der Waals surface area contributed by atoms with Gasteiger partial charge in [-0.25, -0.2) is 0 Å². The van der Waals surface area contributed by atoms with E-state index < -0.39 is 0 Å². The van der Waals surface area contributed by atoms with E-state index in [1.54, 1.807) is 0 Å². The van der Waals surface area contributed by atoms with Crippen molar-refractivity contribution in [3.8, 4) is 0 Å². The lowest BCUT2D eigenvalue weighted by molar-refractivity contribution is 0.000999. The summed E-state index contributed by atoms with van der Waals surface area (Å²) in [6.07, 6.45) is 9.39. The minimum Gasteiger partial charge on any atom is -0.378 e. The van der Waals surface area contributed by atoms with Crippen LogP contribution in [0.25, 0.3) is 0 Å². The second-order valence-electron chi connectivity index (χ2n) is 6.57. The molecule has 0 bridgehead atoms. The fourth-order valence-corrected chi connectivity index (χ4v) is 3.85. The molecule has 2 aliphatic rings. The molecule has 4 atom stereocenters. The first-order chi connectivity index (χ1) is 8.15. The van der Waals surface area contributed by atoms with Crippen LogP contribution in [-0.4, -0.2) is 18.8 Å². The number of hydrogen-bond acceptors (Lipinski definition) is 2. The molecule has 17 heavy (non-hydrogen) atoms. The lowest BCUT2D eigenvalue weighted by atomic mass is 9.73. The largest absolute Gasteiger partial charge is 0.378 e. The fraction of sp³-hybridized carbons (Fsp3) is 1.00. The Hall–Kier alpha value is -0.0800. The highest BCUT2D eigenvalue weighted by molar-refractivity contribution is 4.84. The Morgan fingerprint density at radius 3 is 2.41 bits per heavy atom. The number of ether oxygens (including phenoxy) is 1. The van der Waals surface area contributed by atoms with Crippen LogP contribution in [0.3, 0.4) is 0 Å². The van der Waals surface area contributed by atoms with E-state index in [1.807, 2.05) is 0 Å². The van der Waals surface area contributed by atoms with Gasteiger partial charge in [0.2, 0.25) is 0 Å². The summed E-state index contributed by atoms with van der Waals surface area (Å²) in [5, 5.41) is 0. The van der Waals surface area contributed by atoms with E-state index in [0.717, 1.165) is 30.8 Å². The molecule has 0 amide bonds. The van der Waals surface area contributed by atoms with Crippen molar-refractivity contribution in [3.63, 3.8) is 0 Å². The first-order valence-electron chi connectivity index (χ1n) is 7.52. The van der Waals surface area contributed by atoms with Gasteiger partial charge in [0.25, 0.3) is 0 Å². The summed E-state index contributed by atoms with van der Waals surface area (Å²) in [6.45, 7) is 5.72. The lowest BCUT2D eigenvalue weighted by Crippen LogP contribution is -2.39. The summed E-state index contributed by atoms with van der Waals surface area (Å²) in [5.41, 5.74) is 6.42. The van der Waals surface area contributed by atoms with Crippen LogP contribution in [0.15, 0.2) is 0 Å². The maximum absolute atomic E-state index is 6.42. The van der Waals surface area contributed by atoms with Crippen LogP contribution in [0.5, 0.6) is 0 Å². The summed E-state index contributed by atoms with van der Waals surface area (Å²) in [5.74, 6) is 2.46. The van der Waals surface area contributed by atoms with Crippen LogP contribution in [-0.2, 0) is 4.74 Å². The third-order valence-electron chi connectivity index (χ3n) is 4.63. The van der Waals surface area contributed by atoms with Crippen LogP contribution in [0.4, 0.5) is 0 Å². The molecule has 1 saturated heterocycles. The van der Waals surface area contributed by atoms with Crippen LogP contribution in [0, 0.1) is 17.8 Å². The monoisotopic (exact) mass is 239 g/mol. The number of hydrogen-bond donors (Lipinski definition) is 1. The van der Waals surface area contributed by atoms with Crippen molar-refractivity contribution >= 4 is 0 Å². The van der Waals surface area contributed by atoms with Gasteiger partial charge >= 0.3 is 0 Å². The lowest BCUT2D eigenvalue weighted by Gasteiger charge is -2.36. The summed E-state index contributed by atoms with van der Waals surface area (Å²) in [4.78, 5) is 0. The average molecular weight is 239 g/mol. The molecule has 0 aromatic carbocycles. The molecule has 2 fully saturated rings. The van der Waals surface area contributed by atoms with Gasteiger partial charge in [-0.2, -0.15) is 0 Å². The van der Waals surface area contributed by atoms with Crippen LogP contribution < -0.4 is 5.73 Å². The highest BCUT2D eigenvalue weighted by Crippen LogP contribution is 2.35. The molecule has 1 saturated carbocycles. The van der Waals surface area contributed by atoms with Crippen molar-refractivity contribution in [3.05, 3.63) is 0 Å². The smallest absolute Gasteiger partial charge is 0.0590 e.